The van der Waals surface area contributed by atoms with Crippen LogP contribution >= 0.6 is 0 Å². The minimum Gasteiger partial charge on any atom is -0.318 e. The lowest BCUT2D eigenvalue weighted by atomic mass is 10.2. The molecule has 16 heavy (non-hydrogen) atoms. The van der Waals surface area contributed by atoms with Crippen LogP contribution in [0, 0.1) is 12.7 Å². The fraction of sp³-hybridized carbons (Fsp3) is 0.400. The van der Waals surface area contributed by atoms with E-state index in [4.69, 9.17) is 0 Å². The second-order valence-corrected chi connectivity index (χ2v) is 5.09. The van der Waals surface area contributed by atoms with Crippen LogP contribution in [0.5, 0.6) is 0 Å². The average Bonchev–Trinajstić information content (AvgIpc) is 2.17. The van der Waals surface area contributed by atoms with Crippen molar-refractivity contribution in [3.63, 3.8) is 0 Å². The van der Waals surface area contributed by atoms with Gasteiger partial charge in [-0.1, -0.05) is 12.1 Å². The summed E-state index contributed by atoms with van der Waals surface area (Å²) in [4.78, 5) is -0.272. The van der Waals surface area contributed by atoms with Crippen LogP contribution in [0.1, 0.15) is 5.56 Å². The molecule has 2 N–H and O–H groups in total. The Bertz CT molecular complexity index is 440. The maximum Gasteiger partial charge on any atom is 0.243 e. The van der Waals surface area contributed by atoms with E-state index in [0.29, 0.717) is 12.1 Å². The normalized spacial score (nSPS) is 11.7. The Hall–Kier alpha value is -0.980. The number of halogens is 1. The highest BCUT2D eigenvalue weighted by Gasteiger charge is 2.20. The Morgan fingerprint density at radius 1 is 1.31 bits per heavy atom. The van der Waals surface area contributed by atoms with Gasteiger partial charge in [0.1, 0.15) is 10.7 Å². The quantitative estimate of drug-likeness (QED) is 0.749. The van der Waals surface area contributed by atoms with Crippen molar-refractivity contribution in [2.75, 3.05) is 20.1 Å². The van der Waals surface area contributed by atoms with Crippen molar-refractivity contribution in [3.05, 3.63) is 29.6 Å². The number of aryl methyl sites for hydroxylation is 1. The Kier molecular flexibility index (Phi) is 4.40. The highest BCUT2D eigenvalue weighted by molar-refractivity contribution is 7.89. The number of nitrogens with one attached hydrogen (secondary N) is 2. The maximum atomic E-state index is 13.4. The van der Waals surface area contributed by atoms with Gasteiger partial charge in [0.15, 0.2) is 0 Å². The fourth-order valence-electron chi connectivity index (χ4n) is 1.34. The minimum atomic E-state index is -3.76. The SMILES string of the molecule is CNCCNS(=O)(=O)c1c(C)cccc1F. The van der Waals surface area contributed by atoms with E-state index in [1.54, 1.807) is 20.0 Å². The molecular formula is C10H15FN2O2S. The van der Waals surface area contributed by atoms with Gasteiger partial charge in [0.25, 0.3) is 0 Å². The van der Waals surface area contributed by atoms with Gasteiger partial charge < -0.3 is 5.32 Å². The van der Waals surface area contributed by atoms with Gasteiger partial charge in [-0.3, -0.25) is 0 Å². The van der Waals surface area contributed by atoms with Gasteiger partial charge in [0.2, 0.25) is 10.0 Å². The molecule has 4 nitrogen and oxygen atoms in total. The molecule has 0 aromatic heterocycles. The second kappa shape index (κ2) is 5.38. The molecule has 0 fully saturated rings. The molecule has 1 aromatic carbocycles. The van der Waals surface area contributed by atoms with Crippen molar-refractivity contribution in [2.24, 2.45) is 0 Å². The fourth-order valence-corrected chi connectivity index (χ4v) is 2.67. The van der Waals surface area contributed by atoms with E-state index in [9.17, 15) is 12.8 Å². The molecule has 90 valence electrons. The topological polar surface area (TPSA) is 58.2 Å². The first kappa shape index (κ1) is 13.1. The molecule has 0 aliphatic carbocycles. The molecule has 0 atom stereocenters. The molecule has 0 amide bonds. The largest absolute Gasteiger partial charge is 0.318 e. The van der Waals surface area contributed by atoms with Crippen molar-refractivity contribution in [2.45, 2.75) is 11.8 Å². The zero-order chi connectivity index (χ0) is 12.2. The van der Waals surface area contributed by atoms with E-state index in [0.717, 1.165) is 6.07 Å². The first-order valence-electron chi connectivity index (χ1n) is 4.88. The zero-order valence-corrected chi connectivity index (χ0v) is 10.1. The molecule has 0 saturated carbocycles. The molecule has 0 radical (unpaired) electrons. The van der Waals surface area contributed by atoms with E-state index in [1.807, 2.05) is 0 Å². The summed E-state index contributed by atoms with van der Waals surface area (Å²) in [5.74, 6) is -0.725. The Balaban J connectivity index is 2.98. The van der Waals surface area contributed by atoms with Crippen LogP contribution in [0.2, 0.25) is 0 Å². The molecule has 6 heteroatoms. The number of sulfonamides is 1. The van der Waals surface area contributed by atoms with E-state index >= 15 is 0 Å². The Labute approximate surface area is 94.9 Å². The summed E-state index contributed by atoms with van der Waals surface area (Å²) in [6.07, 6.45) is 0. The van der Waals surface area contributed by atoms with E-state index < -0.39 is 15.8 Å². The van der Waals surface area contributed by atoms with Crippen molar-refractivity contribution in [1.29, 1.82) is 0 Å². The van der Waals surface area contributed by atoms with Crippen LogP contribution < -0.4 is 10.0 Å². The molecule has 0 saturated heterocycles. The van der Waals surface area contributed by atoms with Gasteiger partial charge in [-0.25, -0.2) is 17.5 Å². The number of likely N-dealkylation sites (N-methyl/N-ethyl adjacent to an activating group) is 1. The lowest BCUT2D eigenvalue weighted by Crippen LogP contribution is -2.31. The Morgan fingerprint density at radius 2 is 2.00 bits per heavy atom. The maximum absolute atomic E-state index is 13.4. The molecule has 0 spiro atoms. The summed E-state index contributed by atoms with van der Waals surface area (Å²) < 4.78 is 39.3. The summed E-state index contributed by atoms with van der Waals surface area (Å²) in [6.45, 7) is 2.29. The first-order chi connectivity index (χ1) is 7.49. The van der Waals surface area contributed by atoms with Crippen LogP contribution in [0.15, 0.2) is 23.1 Å². The molecule has 1 rings (SSSR count). The third-order valence-corrected chi connectivity index (χ3v) is 3.74. The van der Waals surface area contributed by atoms with E-state index in [-0.39, 0.29) is 11.4 Å². The van der Waals surface area contributed by atoms with Gasteiger partial charge in [-0.2, -0.15) is 0 Å². The Morgan fingerprint density at radius 3 is 2.56 bits per heavy atom. The second-order valence-electron chi connectivity index (χ2n) is 3.39. The molecule has 0 aliphatic heterocycles. The van der Waals surface area contributed by atoms with Gasteiger partial charge >= 0.3 is 0 Å². The lowest BCUT2D eigenvalue weighted by Gasteiger charge is -2.09. The van der Waals surface area contributed by atoms with Crippen molar-refractivity contribution in [1.82, 2.24) is 10.0 Å². The first-order valence-corrected chi connectivity index (χ1v) is 6.36. The monoisotopic (exact) mass is 246 g/mol. The molecule has 0 unspecified atom stereocenters. The predicted octanol–water partition coefficient (Wildman–Crippen LogP) is 0.632. The minimum absolute atomic E-state index is 0.229. The molecule has 0 aliphatic rings. The molecule has 0 heterocycles. The van der Waals surface area contributed by atoms with Crippen LogP contribution in [0.25, 0.3) is 0 Å². The zero-order valence-electron chi connectivity index (χ0n) is 9.25. The number of hydrogen-bond acceptors (Lipinski definition) is 3. The van der Waals surface area contributed by atoms with Gasteiger partial charge in [0, 0.05) is 13.1 Å². The van der Waals surface area contributed by atoms with Crippen LogP contribution in [0.4, 0.5) is 4.39 Å². The van der Waals surface area contributed by atoms with Gasteiger partial charge in [-0.15, -0.1) is 0 Å². The summed E-state index contributed by atoms with van der Waals surface area (Å²) in [6, 6.07) is 4.19. The number of rotatable bonds is 5. The third-order valence-electron chi connectivity index (χ3n) is 2.10. The molecular weight excluding hydrogens is 231 g/mol. The molecule has 0 bridgehead atoms. The number of hydrogen-bond donors (Lipinski definition) is 2. The van der Waals surface area contributed by atoms with Crippen LogP contribution in [-0.4, -0.2) is 28.6 Å². The summed E-state index contributed by atoms with van der Waals surface area (Å²) in [7, 11) is -2.05. The predicted molar refractivity (Wildman–Crippen MR) is 60.3 cm³/mol. The summed E-state index contributed by atoms with van der Waals surface area (Å²) in [5, 5.41) is 2.80. The standard InChI is InChI=1S/C10H15FN2O2S/c1-8-4-3-5-9(11)10(8)16(14,15)13-7-6-12-2/h3-5,12-13H,6-7H2,1-2H3. The highest BCUT2D eigenvalue weighted by atomic mass is 32.2. The average molecular weight is 246 g/mol. The summed E-state index contributed by atoms with van der Waals surface area (Å²) >= 11 is 0. The van der Waals surface area contributed by atoms with Crippen molar-refractivity contribution < 1.29 is 12.8 Å². The number of benzene rings is 1. The lowest BCUT2D eigenvalue weighted by molar-refractivity contribution is 0.554. The van der Waals surface area contributed by atoms with Crippen LogP contribution in [-0.2, 0) is 10.0 Å². The van der Waals surface area contributed by atoms with Crippen molar-refractivity contribution >= 4 is 10.0 Å². The van der Waals surface area contributed by atoms with E-state index in [2.05, 4.69) is 10.0 Å². The van der Waals surface area contributed by atoms with Crippen molar-refractivity contribution in [3.8, 4) is 0 Å². The van der Waals surface area contributed by atoms with Gasteiger partial charge in [0.05, 0.1) is 0 Å². The third kappa shape index (κ3) is 3.01. The van der Waals surface area contributed by atoms with E-state index in [1.165, 1.54) is 6.07 Å². The highest BCUT2D eigenvalue weighted by Crippen LogP contribution is 2.18. The smallest absolute Gasteiger partial charge is 0.243 e. The van der Waals surface area contributed by atoms with Gasteiger partial charge in [-0.05, 0) is 25.6 Å². The molecule has 1 aromatic rings. The van der Waals surface area contributed by atoms with Crippen LogP contribution in [0.3, 0.4) is 0 Å². The summed E-state index contributed by atoms with van der Waals surface area (Å²) in [5.41, 5.74) is 0.400.